The lowest BCUT2D eigenvalue weighted by Crippen LogP contribution is -2.30. The summed E-state index contributed by atoms with van der Waals surface area (Å²) in [7, 11) is 1.85. The SMILES string of the molecule is Cc1cnccc1NCCNC(=O)c1cccn1C. The molecule has 19 heavy (non-hydrogen) atoms. The predicted octanol–water partition coefficient (Wildman–Crippen LogP) is 1.57. The molecule has 0 bridgehead atoms. The van der Waals surface area contributed by atoms with Gasteiger partial charge in [-0.15, -0.1) is 0 Å². The largest absolute Gasteiger partial charge is 0.383 e. The smallest absolute Gasteiger partial charge is 0.267 e. The Morgan fingerprint density at radius 3 is 2.89 bits per heavy atom. The Balaban J connectivity index is 1.77. The van der Waals surface area contributed by atoms with Crippen LogP contribution in [-0.2, 0) is 7.05 Å². The number of aromatic nitrogens is 2. The van der Waals surface area contributed by atoms with Crippen molar-refractivity contribution in [3.63, 3.8) is 0 Å². The van der Waals surface area contributed by atoms with E-state index in [1.807, 2.05) is 38.5 Å². The number of aryl methyl sites for hydroxylation is 2. The molecule has 0 aliphatic heterocycles. The van der Waals surface area contributed by atoms with Crippen molar-refractivity contribution < 1.29 is 4.79 Å². The second-order valence-electron chi connectivity index (χ2n) is 4.38. The number of anilines is 1. The third-order valence-electron chi connectivity index (χ3n) is 2.92. The monoisotopic (exact) mass is 258 g/mol. The van der Waals surface area contributed by atoms with E-state index in [0.29, 0.717) is 18.8 Å². The zero-order valence-electron chi connectivity index (χ0n) is 11.2. The highest BCUT2D eigenvalue weighted by Gasteiger charge is 2.07. The summed E-state index contributed by atoms with van der Waals surface area (Å²) >= 11 is 0. The zero-order chi connectivity index (χ0) is 13.7. The van der Waals surface area contributed by atoms with Gasteiger partial charge in [0, 0.05) is 44.4 Å². The van der Waals surface area contributed by atoms with E-state index in [2.05, 4.69) is 15.6 Å². The summed E-state index contributed by atoms with van der Waals surface area (Å²) in [6.45, 7) is 3.25. The number of nitrogens with one attached hydrogen (secondary N) is 2. The van der Waals surface area contributed by atoms with E-state index < -0.39 is 0 Å². The third kappa shape index (κ3) is 3.34. The second kappa shape index (κ2) is 6.04. The lowest BCUT2D eigenvalue weighted by atomic mass is 10.2. The summed E-state index contributed by atoms with van der Waals surface area (Å²) in [5.41, 5.74) is 2.81. The molecule has 2 aromatic rings. The van der Waals surface area contributed by atoms with E-state index >= 15 is 0 Å². The summed E-state index contributed by atoms with van der Waals surface area (Å²) in [5.74, 6) is -0.0549. The maximum Gasteiger partial charge on any atom is 0.267 e. The summed E-state index contributed by atoms with van der Waals surface area (Å²) < 4.78 is 1.80. The molecule has 0 spiro atoms. The van der Waals surface area contributed by atoms with Crippen molar-refractivity contribution in [2.45, 2.75) is 6.92 Å². The fourth-order valence-electron chi connectivity index (χ4n) is 1.83. The molecule has 0 unspecified atom stereocenters. The number of amides is 1. The molecule has 5 heteroatoms. The highest BCUT2D eigenvalue weighted by molar-refractivity contribution is 5.92. The van der Waals surface area contributed by atoms with Gasteiger partial charge >= 0.3 is 0 Å². The zero-order valence-corrected chi connectivity index (χ0v) is 11.2. The van der Waals surface area contributed by atoms with Gasteiger partial charge in [0.25, 0.3) is 5.91 Å². The normalized spacial score (nSPS) is 10.2. The first kappa shape index (κ1) is 13.1. The van der Waals surface area contributed by atoms with Crippen LogP contribution in [0.3, 0.4) is 0 Å². The topological polar surface area (TPSA) is 59.0 Å². The van der Waals surface area contributed by atoms with Crippen LogP contribution in [0.25, 0.3) is 0 Å². The van der Waals surface area contributed by atoms with Crippen LogP contribution < -0.4 is 10.6 Å². The van der Waals surface area contributed by atoms with Gasteiger partial charge < -0.3 is 15.2 Å². The van der Waals surface area contributed by atoms with Gasteiger partial charge in [-0.25, -0.2) is 0 Å². The molecular weight excluding hydrogens is 240 g/mol. The molecule has 100 valence electrons. The lowest BCUT2D eigenvalue weighted by Gasteiger charge is -2.10. The summed E-state index contributed by atoms with van der Waals surface area (Å²) in [6, 6.07) is 5.58. The highest BCUT2D eigenvalue weighted by Crippen LogP contribution is 2.10. The molecule has 2 aromatic heterocycles. The van der Waals surface area contributed by atoms with Crippen molar-refractivity contribution in [1.82, 2.24) is 14.9 Å². The van der Waals surface area contributed by atoms with Crippen molar-refractivity contribution in [3.05, 3.63) is 48.0 Å². The van der Waals surface area contributed by atoms with Crippen LogP contribution >= 0.6 is 0 Å². The Morgan fingerprint density at radius 2 is 2.21 bits per heavy atom. The summed E-state index contributed by atoms with van der Waals surface area (Å²) in [4.78, 5) is 15.9. The minimum absolute atomic E-state index is 0.0549. The molecule has 5 nitrogen and oxygen atoms in total. The van der Waals surface area contributed by atoms with Crippen LogP contribution in [0.15, 0.2) is 36.8 Å². The van der Waals surface area contributed by atoms with Crippen molar-refractivity contribution in [2.24, 2.45) is 7.05 Å². The number of carbonyl (C=O) groups is 1. The average molecular weight is 258 g/mol. The van der Waals surface area contributed by atoms with E-state index in [9.17, 15) is 4.79 Å². The first-order valence-corrected chi connectivity index (χ1v) is 6.22. The van der Waals surface area contributed by atoms with Gasteiger partial charge in [-0.05, 0) is 30.7 Å². The van der Waals surface area contributed by atoms with Gasteiger partial charge in [-0.1, -0.05) is 0 Å². The molecule has 2 heterocycles. The number of hydrogen-bond donors (Lipinski definition) is 2. The second-order valence-corrected chi connectivity index (χ2v) is 4.38. The van der Waals surface area contributed by atoms with E-state index in [0.717, 1.165) is 11.3 Å². The fourth-order valence-corrected chi connectivity index (χ4v) is 1.83. The van der Waals surface area contributed by atoms with Crippen molar-refractivity contribution in [3.8, 4) is 0 Å². The molecule has 1 amide bonds. The van der Waals surface area contributed by atoms with Gasteiger partial charge in [0.1, 0.15) is 5.69 Å². The predicted molar refractivity (Wildman–Crippen MR) is 75.2 cm³/mol. The van der Waals surface area contributed by atoms with Crippen LogP contribution in [0.5, 0.6) is 0 Å². The molecule has 2 rings (SSSR count). The average Bonchev–Trinajstić information content (AvgIpc) is 2.82. The van der Waals surface area contributed by atoms with Crippen LogP contribution in [0, 0.1) is 6.92 Å². The maximum absolute atomic E-state index is 11.8. The fraction of sp³-hybridized carbons (Fsp3) is 0.286. The first-order valence-electron chi connectivity index (χ1n) is 6.22. The maximum atomic E-state index is 11.8. The van der Waals surface area contributed by atoms with Gasteiger partial charge in [-0.3, -0.25) is 9.78 Å². The number of carbonyl (C=O) groups excluding carboxylic acids is 1. The Bertz CT molecular complexity index is 562. The number of hydrogen-bond acceptors (Lipinski definition) is 3. The standard InChI is InChI=1S/C14H18N4O/c1-11-10-15-6-5-12(11)16-7-8-17-14(19)13-4-3-9-18(13)2/h3-6,9-10H,7-8H2,1-2H3,(H,15,16)(H,17,19). The van der Waals surface area contributed by atoms with E-state index in [4.69, 9.17) is 0 Å². The quantitative estimate of drug-likeness (QED) is 0.800. The number of nitrogens with zero attached hydrogens (tertiary/aromatic N) is 2. The molecule has 0 aromatic carbocycles. The van der Waals surface area contributed by atoms with E-state index in [-0.39, 0.29) is 5.91 Å². The summed E-state index contributed by atoms with van der Waals surface area (Å²) in [6.07, 6.45) is 5.41. The summed E-state index contributed by atoms with van der Waals surface area (Å²) in [5, 5.41) is 6.14. The Hall–Kier alpha value is -2.30. The number of pyridine rings is 1. The molecule has 0 aliphatic carbocycles. The first-order chi connectivity index (χ1) is 9.18. The molecular formula is C14H18N4O. The van der Waals surface area contributed by atoms with Gasteiger partial charge in [0.05, 0.1) is 0 Å². The lowest BCUT2D eigenvalue weighted by molar-refractivity contribution is 0.0947. The van der Waals surface area contributed by atoms with Crippen LogP contribution in [0.4, 0.5) is 5.69 Å². The van der Waals surface area contributed by atoms with Crippen LogP contribution in [0.2, 0.25) is 0 Å². The molecule has 2 N–H and O–H groups in total. The minimum Gasteiger partial charge on any atom is -0.383 e. The minimum atomic E-state index is -0.0549. The Morgan fingerprint density at radius 1 is 1.37 bits per heavy atom. The molecule has 0 fully saturated rings. The van der Waals surface area contributed by atoms with E-state index in [1.165, 1.54) is 0 Å². The van der Waals surface area contributed by atoms with Crippen molar-refractivity contribution in [1.29, 1.82) is 0 Å². The van der Waals surface area contributed by atoms with Crippen LogP contribution in [0.1, 0.15) is 16.1 Å². The van der Waals surface area contributed by atoms with Gasteiger partial charge in [0.2, 0.25) is 0 Å². The van der Waals surface area contributed by atoms with E-state index in [1.54, 1.807) is 16.8 Å². The van der Waals surface area contributed by atoms with Crippen molar-refractivity contribution in [2.75, 3.05) is 18.4 Å². The molecule has 0 radical (unpaired) electrons. The highest BCUT2D eigenvalue weighted by atomic mass is 16.1. The van der Waals surface area contributed by atoms with Crippen molar-refractivity contribution >= 4 is 11.6 Å². The van der Waals surface area contributed by atoms with Gasteiger partial charge in [0.15, 0.2) is 0 Å². The molecule has 0 saturated carbocycles. The number of rotatable bonds is 5. The van der Waals surface area contributed by atoms with Gasteiger partial charge in [-0.2, -0.15) is 0 Å². The molecule has 0 saturated heterocycles. The molecule has 0 atom stereocenters. The Labute approximate surface area is 112 Å². The van der Waals surface area contributed by atoms with Crippen LogP contribution in [-0.4, -0.2) is 28.5 Å². The molecule has 0 aliphatic rings. The Kier molecular flexibility index (Phi) is 4.18. The third-order valence-corrected chi connectivity index (χ3v) is 2.92.